The standard InChI is InChI=1S/C20H19ClN4O3/c1-3-28-18-7-5-4-6-14(18)22-19-11-9-15(24-25-19)20(26)23-16-12-13(21)8-10-17(16)27-2/h4-12H,3H2,1-2H3,(H,22,25)(H,23,26). The fourth-order valence-corrected chi connectivity index (χ4v) is 2.65. The van der Waals surface area contributed by atoms with E-state index in [0.717, 1.165) is 5.69 Å². The van der Waals surface area contributed by atoms with Crippen molar-refractivity contribution in [1.29, 1.82) is 0 Å². The topological polar surface area (TPSA) is 85.4 Å². The Balaban J connectivity index is 1.72. The van der Waals surface area contributed by atoms with Crippen LogP contribution in [0, 0.1) is 0 Å². The van der Waals surface area contributed by atoms with Gasteiger partial charge >= 0.3 is 0 Å². The number of hydrogen-bond donors (Lipinski definition) is 2. The first-order valence-electron chi connectivity index (χ1n) is 8.58. The summed E-state index contributed by atoms with van der Waals surface area (Å²) in [5.41, 5.74) is 1.37. The Bertz CT molecular complexity index is 964. The Morgan fingerprint density at radius 3 is 2.57 bits per heavy atom. The molecule has 3 aromatic rings. The summed E-state index contributed by atoms with van der Waals surface area (Å²) in [5, 5.41) is 14.4. The van der Waals surface area contributed by atoms with Crippen molar-refractivity contribution < 1.29 is 14.3 Å². The van der Waals surface area contributed by atoms with Gasteiger partial charge in [0.05, 0.1) is 25.1 Å². The zero-order valence-corrected chi connectivity index (χ0v) is 16.2. The molecule has 0 aliphatic heterocycles. The van der Waals surface area contributed by atoms with Gasteiger partial charge in [-0.2, -0.15) is 0 Å². The van der Waals surface area contributed by atoms with Gasteiger partial charge in [0.25, 0.3) is 5.91 Å². The zero-order valence-electron chi connectivity index (χ0n) is 15.4. The van der Waals surface area contributed by atoms with E-state index in [1.807, 2.05) is 31.2 Å². The maximum atomic E-state index is 12.4. The number of ether oxygens (including phenoxy) is 2. The van der Waals surface area contributed by atoms with Crippen LogP contribution in [-0.4, -0.2) is 29.8 Å². The molecule has 2 aromatic carbocycles. The van der Waals surface area contributed by atoms with Gasteiger partial charge in [-0.15, -0.1) is 10.2 Å². The molecule has 7 nitrogen and oxygen atoms in total. The highest BCUT2D eigenvalue weighted by atomic mass is 35.5. The summed E-state index contributed by atoms with van der Waals surface area (Å²) in [5.74, 6) is 1.27. The van der Waals surface area contributed by atoms with E-state index >= 15 is 0 Å². The molecule has 0 aliphatic rings. The largest absolute Gasteiger partial charge is 0.495 e. The first-order valence-corrected chi connectivity index (χ1v) is 8.96. The summed E-state index contributed by atoms with van der Waals surface area (Å²) in [7, 11) is 1.51. The van der Waals surface area contributed by atoms with Crippen molar-refractivity contribution in [2.75, 3.05) is 24.4 Å². The van der Waals surface area contributed by atoms with Crippen LogP contribution in [0.3, 0.4) is 0 Å². The fraction of sp³-hybridized carbons (Fsp3) is 0.150. The van der Waals surface area contributed by atoms with Crippen LogP contribution in [0.25, 0.3) is 0 Å². The van der Waals surface area contributed by atoms with Gasteiger partial charge in [0.1, 0.15) is 11.5 Å². The molecule has 0 unspecified atom stereocenters. The van der Waals surface area contributed by atoms with Crippen LogP contribution in [0.4, 0.5) is 17.2 Å². The number of amides is 1. The monoisotopic (exact) mass is 398 g/mol. The van der Waals surface area contributed by atoms with Gasteiger partial charge < -0.3 is 20.1 Å². The lowest BCUT2D eigenvalue weighted by atomic mass is 10.2. The fourth-order valence-electron chi connectivity index (χ4n) is 2.47. The number of hydrogen-bond acceptors (Lipinski definition) is 6. The molecule has 0 aliphatic carbocycles. The maximum Gasteiger partial charge on any atom is 0.276 e. The van der Waals surface area contributed by atoms with Crippen LogP contribution in [0.2, 0.25) is 5.02 Å². The number of halogens is 1. The lowest BCUT2D eigenvalue weighted by molar-refractivity contribution is 0.102. The van der Waals surface area contributed by atoms with Crippen molar-refractivity contribution >= 4 is 34.7 Å². The second-order valence-electron chi connectivity index (χ2n) is 5.66. The van der Waals surface area contributed by atoms with Crippen molar-refractivity contribution in [2.45, 2.75) is 6.92 Å². The summed E-state index contributed by atoms with van der Waals surface area (Å²) < 4.78 is 10.8. The van der Waals surface area contributed by atoms with Gasteiger partial charge in [0.2, 0.25) is 0 Å². The van der Waals surface area contributed by atoms with Crippen molar-refractivity contribution in [2.24, 2.45) is 0 Å². The molecular weight excluding hydrogens is 380 g/mol. The molecule has 1 aromatic heterocycles. The average molecular weight is 399 g/mol. The van der Waals surface area contributed by atoms with Crippen molar-refractivity contribution in [3.63, 3.8) is 0 Å². The molecule has 0 spiro atoms. The summed E-state index contributed by atoms with van der Waals surface area (Å²) in [6.45, 7) is 2.47. The summed E-state index contributed by atoms with van der Waals surface area (Å²) >= 11 is 5.98. The van der Waals surface area contributed by atoms with Gasteiger partial charge in [0.15, 0.2) is 11.5 Å². The molecule has 0 radical (unpaired) electrons. The summed E-state index contributed by atoms with van der Waals surface area (Å²) in [6.07, 6.45) is 0. The number of benzene rings is 2. The highest BCUT2D eigenvalue weighted by molar-refractivity contribution is 6.31. The quantitative estimate of drug-likeness (QED) is 0.608. The van der Waals surface area contributed by atoms with Crippen LogP contribution in [0.15, 0.2) is 54.6 Å². The van der Waals surface area contributed by atoms with Gasteiger partial charge in [-0.25, -0.2) is 0 Å². The van der Waals surface area contributed by atoms with E-state index in [1.165, 1.54) is 7.11 Å². The van der Waals surface area contributed by atoms with Gasteiger partial charge in [-0.3, -0.25) is 4.79 Å². The third-order valence-corrected chi connectivity index (χ3v) is 3.99. The van der Waals surface area contributed by atoms with Crippen LogP contribution in [0.1, 0.15) is 17.4 Å². The number of carbonyl (C=O) groups is 1. The first kappa shape index (κ1) is 19.4. The molecule has 0 saturated heterocycles. The lowest BCUT2D eigenvalue weighted by Crippen LogP contribution is -2.15. The maximum absolute atomic E-state index is 12.4. The molecule has 1 heterocycles. The summed E-state index contributed by atoms with van der Waals surface area (Å²) in [6, 6.07) is 15.7. The van der Waals surface area contributed by atoms with Crippen molar-refractivity contribution in [3.8, 4) is 11.5 Å². The van der Waals surface area contributed by atoms with E-state index < -0.39 is 5.91 Å². The molecular formula is C20H19ClN4O3. The predicted molar refractivity (Wildman–Crippen MR) is 109 cm³/mol. The zero-order chi connectivity index (χ0) is 19.9. The van der Waals surface area contributed by atoms with Gasteiger partial charge in [-0.1, -0.05) is 23.7 Å². The molecule has 28 heavy (non-hydrogen) atoms. The molecule has 0 atom stereocenters. The van der Waals surface area contributed by atoms with Gasteiger partial charge in [0, 0.05) is 5.02 Å². The molecule has 8 heteroatoms. The summed E-state index contributed by atoms with van der Waals surface area (Å²) in [4.78, 5) is 12.4. The molecule has 0 bridgehead atoms. The van der Waals surface area contributed by atoms with Crippen molar-refractivity contribution in [1.82, 2.24) is 10.2 Å². The van der Waals surface area contributed by atoms with E-state index in [4.69, 9.17) is 21.1 Å². The highest BCUT2D eigenvalue weighted by Gasteiger charge is 2.13. The Morgan fingerprint density at radius 1 is 1.04 bits per heavy atom. The minimum atomic E-state index is -0.422. The Hall–Kier alpha value is -3.32. The van der Waals surface area contributed by atoms with Crippen molar-refractivity contribution in [3.05, 3.63) is 65.3 Å². The number of rotatable bonds is 7. The van der Waals surface area contributed by atoms with Crippen LogP contribution in [-0.2, 0) is 0 Å². The lowest BCUT2D eigenvalue weighted by Gasteiger charge is -2.12. The average Bonchev–Trinajstić information content (AvgIpc) is 2.70. The number of para-hydroxylation sites is 2. The molecule has 0 fully saturated rings. The third-order valence-electron chi connectivity index (χ3n) is 3.76. The minimum Gasteiger partial charge on any atom is -0.495 e. The number of aromatic nitrogens is 2. The van der Waals surface area contributed by atoms with Crippen LogP contribution in [0.5, 0.6) is 11.5 Å². The number of carbonyl (C=O) groups excluding carboxylic acids is 1. The molecule has 144 valence electrons. The van der Waals surface area contributed by atoms with Crippen LogP contribution >= 0.6 is 11.6 Å². The van der Waals surface area contributed by atoms with E-state index in [-0.39, 0.29) is 5.69 Å². The Labute approximate surface area is 167 Å². The first-order chi connectivity index (χ1) is 13.6. The smallest absolute Gasteiger partial charge is 0.276 e. The van der Waals surface area contributed by atoms with E-state index in [0.29, 0.717) is 34.6 Å². The number of nitrogens with one attached hydrogen (secondary N) is 2. The van der Waals surface area contributed by atoms with E-state index in [2.05, 4.69) is 20.8 Å². The molecule has 2 N–H and O–H groups in total. The normalized spacial score (nSPS) is 10.2. The Kier molecular flexibility index (Phi) is 6.29. The number of methoxy groups -OCH3 is 1. The van der Waals surface area contributed by atoms with Crippen LogP contribution < -0.4 is 20.1 Å². The van der Waals surface area contributed by atoms with E-state index in [1.54, 1.807) is 30.3 Å². The molecule has 3 rings (SSSR count). The second kappa shape index (κ2) is 9.05. The molecule has 1 amide bonds. The van der Waals surface area contributed by atoms with Gasteiger partial charge in [-0.05, 0) is 49.4 Å². The minimum absolute atomic E-state index is 0.158. The second-order valence-corrected chi connectivity index (χ2v) is 6.09. The third kappa shape index (κ3) is 4.69. The highest BCUT2D eigenvalue weighted by Crippen LogP contribution is 2.28. The number of anilines is 3. The van der Waals surface area contributed by atoms with E-state index in [9.17, 15) is 4.79 Å². The predicted octanol–water partition coefficient (Wildman–Crippen LogP) is 4.53. The Morgan fingerprint density at radius 2 is 1.86 bits per heavy atom. The molecule has 0 saturated carbocycles. The SMILES string of the molecule is CCOc1ccccc1Nc1ccc(C(=O)Nc2cc(Cl)ccc2OC)nn1. The number of nitrogens with zero attached hydrogens (tertiary/aromatic N) is 2.